The fraction of sp³-hybridized carbons (Fsp3) is 0.167. The van der Waals surface area contributed by atoms with Gasteiger partial charge in [0.1, 0.15) is 12.2 Å². The minimum absolute atomic E-state index is 0.132. The molecule has 19 heavy (non-hydrogen) atoms. The average molecular weight is 276 g/mol. The van der Waals surface area contributed by atoms with Crippen molar-refractivity contribution in [2.24, 2.45) is 0 Å². The van der Waals surface area contributed by atoms with Gasteiger partial charge < -0.3 is 10.3 Å². The fourth-order valence-corrected chi connectivity index (χ4v) is 1.86. The summed E-state index contributed by atoms with van der Waals surface area (Å²) in [4.78, 5) is 30.7. The molecule has 0 saturated carbocycles. The van der Waals surface area contributed by atoms with Gasteiger partial charge in [-0.25, -0.2) is 4.98 Å². The predicted octanol–water partition coefficient (Wildman–Crippen LogP) is 0.756. The molecule has 0 aliphatic rings. The third-order valence-corrected chi connectivity index (χ3v) is 2.82. The number of amides is 1. The molecule has 2 heterocycles. The van der Waals surface area contributed by atoms with Crippen LogP contribution in [0.5, 0.6) is 0 Å². The molecular weight excluding hydrogens is 264 g/mol. The molecule has 0 fully saturated rings. The van der Waals surface area contributed by atoms with Crippen molar-refractivity contribution in [3.8, 4) is 0 Å². The van der Waals surface area contributed by atoms with Crippen LogP contribution in [0.1, 0.15) is 0 Å². The van der Waals surface area contributed by atoms with Crippen LogP contribution in [-0.2, 0) is 11.3 Å². The van der Waals surface area contributed by atoms with Crippen molar-refractivity contribution < 1.29 is 4.79 Å². The second-order valence-corrected chi connectivity index (χ2v) is 4.20. The summed E-state index contributed by atoms with van der Waals surface area (Å²) in [5.41, 5.74) is 0.0841. The predicted molar refractivity (Wildman–Crippen MR) is 74.4 cm³/mol. The van der Waals surface area contributed by atoms with Gasteiger partial charge in [0.2, 0.25) is 5.91 Å². The van der Waals surface area contributed by atoms with Crippen molar-refractivity contribution >= 4 is 29.2 Å². The highest BCUT2D eigenvalue weighted by Crippen LogP contribution is 2.02. The van der Waals surface area contributed by atoms with Crippen LogP contribution in [0.2, 0.25) is 0 Å². The first-order valence-corrected chi connectivity index (χ1v) is 5.99. The zero-order valence-electron chi connectivity index (χ0n) is 10.0. The molecule has 2 rings (SSSR count). The fourth-order valence-electron chi connectivity index (χ4n) is 1.61. The third-order valence-electron chi connectivity index (χ3n) is 2.50. The lowest BCUT2D eigenvalue weighted by molar-refractivity contribution is -0.121. The zero-order valence-corrected chi connectivity index (χ0v) is 10.9. The number of pyridine rings is 1. The maximum Gasteiger partial charge on any atom is 0.264 e. The standard InChI is InChI=1S/C12H12N4O2S/c1-2-5-13-9(17)7-16-11(18)8-4-3-6-14-10(8)15-12(16)19/h2-4,6H,1,5,7H2,(H,13,17)(H,14,15,19). The van der Waals surface area contributed by atoms with Gasteiger partial charge >= 0.3 is 0 Å². The van der Waals surface area contributed by atoms with Gasteiger partial charge in [-0.05, 0) is 24.4 Å². The van der Waals surface area contributed by atoms with Crippen molar-refractivity contribution in [3.63, 3.8) is 0 Å². The minimum Gasteiger partial charge on any atom is -0.351 e. The van der Waals surface area contributed by atoms with Gasteiger partial charge in [-0.15, -0.1) is 6.58 Å². The molecule has 0 aromatic carbocycles. The lowest BCUT2D eigenvalue weighted by Crippen LogP contribution is -2.33. The first-order valence-electron chi connectivity index (χ1n) is 5.59. The first-order chi connectivity index (χ1) is 9.13. The van der Waals surface area contributed by atoms with Crippen molar-refractivity contribution in [1.29, 1.82) is 0 Å². The molecule has 0 radical (unpaired) electrons. The quantitative estimate of drug-likeness (QED) is 0.638. The van der Waals surface area contributed by atoms with E-state index in [1.165, 1.54) is 4.57 Å². The van der Waals surface area contributed by atoms with E-state index in [2.05, 4.69) is 21.9 Å². The Morgan fingerprint density at radius 2 is 2.42 bits per heavy atom. The van der Waals surface area contributed by atoms with Gasteiger partial charge in [0.05, 0.1) is 5.39 Å². The van der Waals surface area contributed by atoms with E-state index < -0.39 is 0 Å². The summed E-state index contributed by atoms with van der Waals surface area (Å²) in [6.07, 6.45) is 3.12. The molecular formula is C12H12N4O2S. The Bertz CT molecular complexity index is 747. The van der Waals surface area contributed by atoms with Crippen LogP contribution < -0.4 is 10.9 Å². The smallest absolute Gasteiger partial charge is 0.264 e. The number of fused-ring (bicyclic) bond motifs is 1. The van der Waals surface area contributed by atoms with E-state index in [4.69, 9.17) is 12.2 Å². The van der Waals surface area contributed by atoms with Crippen LogP contribution in [-0.4, -0.2) is 27.0 Å². The molecule has 0 aliphatic heterocycles. The molecule has 0 bridgehead atoms. The largest absolute Gasteiger partial charge is 0.351 e. The topological polar surface area (TPSA) is 79.8 Å². The van der Waals surface area contributed by atoms with Gasteiger partial charge in [0.15, 0.2) is 4.77 Å². The molecule has 7 heteroatoms. The second-order valence-electron chi connectivity index (χ2n) is 3.81. The van der Waals surface area contributed by atoms with E-state index in [1.807, 2.05) is 0 Å². The molecule has 0 spiro atoms. The van der Waals surface area contributed by atoms with Gasteiger partial charge in [-0.1, -0.05) is 6.08 Å². The van der Waals surface area contributed by atoms with E-state index in [0.29, 0.717) is 17.6 Å². The number of aromatic nitrogens is 3. The molecule has 6 nitrogen and oxygen atoms in total. The molecule has 2 aromatic heterocycles. The second kappa shape index (κ2) is 5.57. The Morgan fingerprint density at radius 3 is 3.16 bits per heavy atom. The number of hydrogen-bond acceptors (Lipinski definition) is 4. The minimum atomic E-state index is -0.333. The SMILES string of the molecule is C=CCNC(=O)Cn1c(=S)[nH]c2ncccc2c1=O. The van der Waals surface area contributed by atoms with Crippen LogP contribution in [0, 0.1) is 4.77 Å². The normalized spacial score (nSPS) is 10.3. The lowest BCUT2D eigenvalue weighted by Gasteiger charge is -2.07. The highest BCUT2D eigenvalue weighted by atomic mass is 32.1. The number of H-pyrrole nitrogens is 1. The van der Waals surface area contributed by atoms with Gasteiger partial charge in [-0.3, -0.25) is 14.2 Å². The van der Waals surface area contributed by atoms with Gasteiger partial charge in [0.25, 0.3) is 5.56 Å². The maximum absolute atomic E-state index is 12.2. The summed E-state index contributed by atoms with van der Waals surface area (Å²) in [6.45, 7) is 3.71. The van der Waals surface area contributed by atoms with E-state index in [0.717, 1.165) is 0 Å². The van der Waals surface area contributed by atoms with Crippen LogP contribution >= 0.6 is 12.2 Å². The van der Waals surface area contributed by atoms with Crippen LogP contribution in [0.25, 0.3) is 11.0 Å². The molecule has 0 saturated heterocycles. The highest BCUT2D eigenvalue weighted by molar-refractivity contribution is 7.71. The number of nitrogens with one attached hydrogen (secondary N) is 2. The highest BCUT2D eigenvalue weighted by Gasteiger charge is 2.09. The zero-order chi connectivity index (χ0) is 13.8. The lowest BCUT2D eigenvalue weighted by atomic mass is 10.3. The maximum atomic E-state index is 12.2. The van der Waals surface area contributed by atoms with E-state index in [-0.39, 0.29) is 22.8 Å². The summed E-state index contributed by atoms with van der Waals surface area (Å²) in [5, 5.41) is 2.99. The van der Waals surface area contributed by atoms with Crippen molar-refractivity contribution in [2.75, 3.05) is 6.54 Å². The van der Waals surface area contributed by atoms with Gasteiger partial charge in [-0.2, -0.15) is 0 Å². The average Bonchev–Trinajstić information content (AvgIpc) is 2.41. The monoisotopic (exact) mass is 276 g/mol. The molecule has 1 amide bonds. The van der Waals surface area contributed by atoms with Crippen LogP contribution in [0.4, 0.5) is 0 Å². The van der Waals surface area contributed by atoms with Crippen LogP contribution in [0.15, 0.2) is 35.8 Å². The molecule has 98 valence electrons. The third kappa shape index (κ3) is 2.76. The first kappa shape index (κ1) is 13.2. The summed E-state index contributed by atoms with van der Waals surface area (Å²) >= 11 is 5.07. The Labute approximate surface area is 113 Å². The Kier molecular flexibility index (Phi) is 3.86. The summed E-state index contributed by atoms with van der Waals surface area (Å²) < 4.78 is 1.38. The summed E-state index contributed by atoms with van der Waals surface area (Å²) in [5.74, 6) is -0.301. The number of aromatic amines is 1. The van der Waals surface area contributed by atoms with E-state index >= 15 is 0 Å². The summed E-state index contributed by atoms with van der Waals surface area (Å²) in [6, 6.07) is 3.29. The number of nitrogens with zero attached hydrogens (tertiary/aromatic N) is 2. The number of hydrogen-bond donors (Lipinski definition) is 2. The molecule has 0 atom stereocenters. The van der Waals surface area contributed by atoms with E-state index in [1.54, 1.807) is 24.4 Å². The van der Waals surface area contributed by atoms with Crippen molar-refractivity contribution in [1.82, 2.24) is 19.9 Å². The Morgan fingerprint density at radius 1 is 1.63 bits per heavy atom. The number of carbonyl (C=O) groups is 1. The van der Waals surface area contributed by atoms with Crippen LogP contribution in [0.3, 0.4) is 0 Å². The molecule has 0 aliphatic carbocycles. The van der Waals surface area contributed by atoms with E-state index in [9.17, 15) is 9.59 Å². The molecule has 2 N–H and O–H groups in total. The van der Waals surface area contributed by atoms with Gasteiger partial charge in [0, 0.05) is 12.7 Å². The Hall–Kier alpha value is -2.28. The number of carbonyl (C=O) groups excluding carboxylic acids is 1. The molecule has 2 aromatic rings. The van der Waals surface area contributed by atoms with Crippen molar-refractivity contribution in [2.45, 2.75) is 6.54 Å². The Balaban J connectivity index is 2.44. The van der Waals surface area contributed by atoms with Crippen molar-refractivity contribution in [3.05, 3.63) is 46.1 Å². The summed E-state index contributed by atoms with van der Waals surface area (Å²) in [7, 11) is 0. The number of rotatable bonds is 4. The molecule has 0 unspecified atom stereocenters.